The maximum atomic E-state index is 14.1. The average molecular weight is 518 g/mol. The Kier molecular flexibility index (Phi) is 6.98. The average Bonchev–Trinajstić information content (AvgIpc) is 3.09. The molecule has 0 saturated carbocycles. The van der Waals surface area contributed by atoms with Crippen molar-refractivity contribution in [3.8, 4) is 5.75 Å². The molecule has 0 bridgehead atoms. The first-order valence-electron chi connectivity index (χ1n) is 11.6. The van der Waals surface area contributed by atoms with E-state index in [1.54, 1.807) is 23.8 Å². The topological polar surface area (TPSA) is 63.6 Å². The van der Waals surface area contributed by atoms with Crippen molar-refractivity contribution in [3.05, 3.63) is 83.9 Å². The van der Waals surface area contributed by atoms with E-state index < -0.39 is 6.04 Å². The van der Waals surface area contributed by atoms with Crippen LogP contribution in [0.1, 0.15) is 17.2 Å². The highest BCUT2D eigenvalue weighted by molar-refractivity contribution is 8.00. The summed E-state index contributed by atoms with van der Waals surface area (Å²) >= 11 is 3.09. The number of benzene rings is 3. The Morgan fingerprint density at radius 3 is 2.69 bits per heavy atom. The fourth-order valence-corrected chi connectivity index (χ4v) is 6.26. The quantitative estimate of drug-likeness (QED) is 0.347. The highest BCUT2D eigenvalue weighted by atomic mass is 32.2. The molecule has 36 heavy (non-hydrogen) atoms. The summed E-state index contributed by atoms with van der Waals surface area (Å²) in [6.07, 6.45) is 2.00. The van der Waals surface area contributed by atoms with Gasteiger partial charge in [0, 0.05) is 46.2 Å². The van der Waals surface area contributed by atoms with E-state index in [4.69, 9.17) is 4.74 Å². The van der Waals surface area contributed by atoms with Gasteiger partial charge >= 0.3 is 0 Å². The van der Waals surface area contributed by atoms with E-state index in [-0.39, 0.29) is 17.6 Å². The Labute approximate surface area is 219 Å². The third-order valence-corrected chi connectivity index (χ3v) is 8.33. The molecule has 1 aromatic heterocycles. The van der Waals surface area contributed by atoms with Crippen molar-refractivity contribution in [2.24, 2.45) is 7.05 Å². The molecule has 1 atom stereocenters. The van der Waals surface area contributed by atoms with E-state index in [1.807, 2.05) is 80.0 Å². The molecule has 2 heterocycles. The fraction of sp³-hybridized carbons (Fsp3) is 0.214. The van der Waals surface area contributed by atoms with Crippen molar-refractivity contribution in [1.82, 2.24) is 9.88 Å². The van der Waals surface area contributed by atoms with Crippen molar-refractivity contribution in [1.29, 1.82) is 0 Å². The summed E-state index contributed by atoms with van der Waals surface area (Å²) in [5.74, 6) is 0.622. The maximum Gasteiger partial charge on any atom is 0.248 e. The predicted octanol–water partition coefficient (Wildman–Crippen LogP) is 5.41. The number of carbonyl (C=O) groups is 2. The molecule has 6 nitrogen and oxygen atoms in total. The Morgan fingerprint density at radius 1 is 1.11 bits per heavy atom. The van der Waals surface area contributed by atoms with Crippen LogP contribution in [-0.4, -0.2) is 35.5 Å². The van der Waals surface area contributed by atoms with Crippen LogP contribution in [-0.2, 0) is 23.2 Å². The molecule has 2 amide bonds. The molecule has 0 aliphatic carbocycles. The number of rotatable bonds is 6. The molecular weight excluding hydrogens is 490 g/mol. The van der Waals surface area contributed by atoms with Crippen molar-refractivity contribution in [3.63, 3.8) is 0 Å². The molecule has 4 aromatic rings. The van der Waals surface area contributed by atoms with E-state index in [9.17, 15) is 9.59 Å². The summed E-state index contributed by atoms with van der Waals surface area (Å²) in [5, 5.41) is 5.01. The number of fused-ring (bicyclic) bond motifs is 3. The Balaban J connectivity index is 1.64. The lowest BCUT2D eigenvalue weighted by molar-refractivity contribution is -0.125. The molecule has 0 saturated heterocycles. The number of hydrogen-bond donors (Lipinski definition) is 1. The summed E-state index contributed by atoms with van der Waals surface area (Å²) < 4.78 is 7.56. The molecule has 1 aliphatic heterocycles. The first-order chi connectivity index (χ1) is 17.5. The number of aromatic nitrogens is 1. The summed E-state index contributed by atoms with van der Waals surface area (Å²) in [5.41, 5.74) is 3.48. The molecule has 3 aromatic carbocycles. The number of nitrogens with zero attached hydrogens (tertiary/aromatic N) is 2. The van der Waals surface area contributed by atoms with Crippen LogP contribution in [0.3, 0.4) is 0 Å². The van der Waals surface area contributed by atoms with Crippen molar-refractivity contribution in [2.75, 3.05) is 24.0 Å². The van der Waals surface area contributed by atoms with Gasteiger partial charge in [-0.05, 0) is 36.6 Å². The van der Waals surface area contributed by atoms with Gasteiger partial charge in [-0.1, -0.05) is 54.2 Å². The zero-order valence-corrected chi connectivity index (χ0v) is 22.0. The molecule has 5 rings (SSSR count). The molecule has 0 radical (unpaired) electrons. The summed E-state index contributed by atoms with van der Waals surface area (Å²) in [7, 11) is 3.61. The van der Waals surface area contributed by atoms with Gasteiger partial charge in [-0.3, -0.25) is 14.5 Å². The number of amides is 2. The Bertz CT molecular complexity index is 1450. The number of carbonyl (C=O) groups excluding carboxylic acids is 2. The first-order valence-corrected chi connectivity index (χ1v) is 13.8. The monoisotopic (exact) mass is 517 g/mol. The summed E-state index contributed by atoms with van der Waals surface area (Å²) in [4.78, 5) is 30.4. The minimum absolute atomic E-state index is 0.101. The second-order valence-electron chi connectivity index (χ2n) is 8.48. The SMILES string of the molecule is COc1ccccc1CNC(=O)[C@H]1c2c(n(C)c3ccccc23)SCC(=O)N1c1cccc(SC)c1. The molecule has 0 fully saturated rings. The normalized spacial score (nSPS) is 15.5. The third kappa shape index (κ3) is 4.35. The van der Waals surface area contributed by atoms with Crippen molar-refractivity contribution in [2.45, 2.75) is 22.5 Å². The number of hydrogen-bond acceptors (Lipinski definition) is 5. The number of thioether (sulfide) groups is 2. The molecule has 1 N–H and O–H groups in total. The third-order valence-electron chi connectivity index (χ3n) is 6.45. The molecule has 1 aliphatic rings. The van der Waals surface area contributed by atoms with Gasteiger partial charge in [0.25, 0.3) is 0 Å². The number of anilines is 1. The van der Waals surface area contributed by atoms with Crippen LogP contribution in [0.4, 0.5) is 5.69 Å². The zero-order valence-electron chi connectivity index (χ0n) is 20.4. The van der Waals surface area contributed by atoms with Crippen molar-refractivity contribution >= 4 is 51.9 Å². The number of methoxy groups -OCH3 is 1. The van der Waals surface area contributed by atoms with Crippen LogP contribution < -0.4 is 15.0 Å². The van der Waals surface area contributed by atoms with E-state index in [0.717, 1.165) is 32.0 Å². The van der Waals surface area contributed by atoms with Crippen LogP contribution in [0.2, 0.25) is 0 Å². The Hall–Kier alpha value is -3.36. The zero-order chi connectivity index (χ0) is 25.2. The van der Waals surface area contributed by atoms with Gasteiger partial charge in [0.15, 0.2) is 0 Å². The van der Waals surface area contributed by atoms with Crippen LogP contribution >= 0.6 is 23.5 Å². The number of nitrogens with one attached hydrogen (secondary N) is 1. The second kappa shape index (κ2) is 10.3. The highest BCUT2D eigenvalue weighted by Crippen LogP contribution is 2.43. The van der Waals surface area contributed by atoms with E-state index in [2.05, 4.69) is 16.0 Å². The van der Waals surface area contributed by atoms with Gasteiger partial charge in [-0.2, -0.15) is 0 Å². The maximum absolute atomic E-state index is 14.1. The molecule has 0 spiro atoms. The molecule has 0 unspecified atom stereocenters. The summed E-state index contributed by atoms with van der Waals surface area (Å²) in [6.45, 7) is 0.291. The lowest BCUT2D eigenvalue weighted by Crippen LogP contribution is -2.43. The minimum Gasteiger partial charge on any atom is -0.496 e. The highest BCUT2D eigenvalue weighted by Gasteiger charge is 2.39. The van der Waals surface area contributed by atoms with Crippen LogP contribution in [0.5, 0.6) is 5.75 Å². The number of ether oxygens (including phenoxy) is 1. The summed E-state index contributed by atoms with van der Waals surface area (Å²) in [6, 6.07) is 22.7. The van der Waals surface area contributed by atoms with Gasteiger partial charge in [-0.15, -0.1) is 11.8 Å². The molecule has 184 valence electrons. The second-order valence-corrected chi connectivity index (χ2v) is 10.3. The van der Waals surface area contributed by atoms with Gasteiger partial charge in [-0.25, -0.2) is 0 Å². The van der Waals surface area contributed by atoms with Crippen LogP contribution in [0.25, 0.3) is 10.9 Å². The van der Waals surface area contributed by atoms with E-state index >= 15 is 0 Å². The first kappa shape index (κ1) is 24.3. The van der Waals surface area contributed by atoms with Crippen molar-refractivity contribution < 1.29 is 14.3 Å². The largest absolute Gasteiger partial charge is 0.496 e. The van der Waals surface area contributed by atoms with Gasteiger partial charge in [0.05, 0.1) is 17.9 Å². The lowest BCUT2D eigenvalue weighted by Gasteiger charge is -2.30. The van der Waals surface area contributed by atoms with Gasteiger partial charge in [0.1, 0.15) is 11.8 Å². The number of para-hydroxylation sites is 2. The van der Waals surface area contributed by atoms with Crippen LogP contribution in [0, 0.1) is 0 Å². The standard InChI is InChI=1S/C28H27N3O3S2/c1-30-22-13-6-5-12-21(22)25-26(27(33)29-16-18-9-4-7-14-23(18)34-2)31(24(32)17-36-28(25)30)19-10-8-11-20(15-19)35-3/h4-15,26H,16-17H2,1-3H3,(H,29,33)/t26-/m1/s1. The smallest absolute Gasteiger partial charge is 0.248 e. The van der Waals surface area contributed by atoms with Gasteiger partial charge in [0.2, 0.25) is 11.8 Å². The molecular formula is C28H27N3O3S2. The number of aryl methyl sites for hydroxylation is 1. The fourth-order valence-electron chi connectivity index (χ4n) is 4.74. The Morgan fingerprint density at radius 2 is 1.89 bits per heavy atom. The lowest BCUT2D eigenvalue weighted by atomic mass is 10.0. The minimum atomic E-state index is -0.819. The predicted molar refractivity (Wildman–Crippen MR) is 147 cm³/mol. The molecule has 8 heteroatoms. The van der Waals surface area contributed by atoms with E-state index in [0.29, 0.717) is 18.0 Å². The van der Waals surface area contributed by atoms with Crippen LogP contribution in [0.15, 0.2) is 82.7 Å². The van der Waals surface area contributed by atoms with E-state index in [1.165, 1.54) is 11.8 Å². The van der Waals surface area contributed by atoms with Gasteiger partial charge < -0.3 is 14.6 Å².